The van der Waals surface area contributed by atoms with Gasteiger partial charge in [-0.15, -0.1) is 0 Å². The molecule has 18 heavy (non-hydrogen) atoms. The van der Waals surface area contributed by atoms with E-state index in [0.29, 0.717) is 6.61 Å². The van der Waals surface area contributed by atoms with Crippen LogP contribution in [0.5, 0.6) is 0 Å². The molecular formula is C13H21NO4. The maximum atomic E-state index is 12.0. The topological polar surface area (TPSA) is 66.8 Å². The Hall–Kier alpha value is -1.10. The van der Waals surface area contributed by atoms with Crippen LogP contribution in [0, 0.1) is 0 Å². The zero-order chi connectivity index (χ0) is 13.0. The first-order valence-electron chi connectivity index (χ1n) is 6.79. The number of rotatable bonds is 3. The Morgan fingerprint density at radius 2 is 1.94 bits per heavy atom. The lowest BCUT2D eigenvalue weighted by Crippen LogP contribution is -2.54. The number of carboxylic acid groups (broad SMARTS) is 1. The van der Waals surface area contributed by atoms with Crippen LogP contribution in [0.3, 0.4) is 0 Å². The standard InChI is InChI=1S/C13H21NO4/c15-12-9-18-8-11(7-13(16)17)14(12)10-5-3-1-2-4-6-10/h10-11H,1-9H2,(H,16,17). The highest BCUT2D eigenvalue weighted by atomic mass is 16.5. The van der Waals surface area contributed by atoms with Gasteiger partial charge in [-0.05, 0) is 12.8 Å². The number of ether oxygens (including phenoxy) is 1. The number of morpholine rings is 1. The fourth-order valence-electron chi connectivity index (χ4n) is 3.04. The Bertz CT molecular complexity index is 310. The Kier molecular flexibility index (Phi) is 4.58. The maximum Gasteiger partial charge on any atom is 0.305 e. The van der Waals surface area contributed by atoms with Gasteiger partial charge < -0.3 is 14.7 Å². The molecule has 1 aliphatic carbocycles. The molecule has 102 valence electrons. The van der Waals surface area contributed by atoms with Gasteiger partial charge >= 0.3 is 5.97 Å². The second-order valence-electron chi connectivity index (χ2n) is 5.21. The third kappa shape index (κ3) is 3.22. The summed E-state index contributed by atoms with van der Waals surface area (Å²) in [6.07, 6.45) is 6.70. The molecule has 1 saturated heterocycles. The molecule has 0 aromatic heterocycles. The van der Waals surface area contributed by atoms with E-state index in [0.717, 1.165) is 25.7 Å². The van der Waals surface area contributed by atoms with Crippen molar-refractivity contribution >= 4 is 11.9 Å². The Balaban J connectivity index is 2.07. The Labute approximate surface area is 107 Å². The molecule has 0 aromatic carbocycles. The van der Waals surface area contributed by atoms with Gasteiger partial charge in [0, 0.05) is 6.04 Å². The molecule has 2 fully saturated rings. The van der Waals surface area contributed by atoms with E-state index in [1.165, 1.54) is 12.8 Å². The number of amides is 1. The minimum absolute atomic E-state index is 0.0117. The van der Waals surface area contributed by atoms with Gasteiger partial charge in [0.05, 0.1) is 19.1 Å². The van der Waals surface area contributed by atoms with E-state index in [1.807, 2.05) is 4.90 Å². The fraction of sp³-hybridized carbons (Fsp3) is 0.846. The van der Waals surface area contributed by atoms with Crippen molar-refractivity contribution in [1.82, 2.24) is 4.90 Å². The van der Waals surface area contributed by atoms with Crippen LogP contribution in [0.15, 0.2) is 0 Å². The summed E-state index contributed by atoms with van der Waals surface area (Å²) in [7, 11) is 0. The zero-order valence-electron chi connectivity index (χ0n) is 10.6. The van der Waals surface area contributed by atoms with Gasteiger partial charge in [0.25, 0.3) is 0 Å². The van der Waals surface area contributed by atoms with Crippen molar-refractivity contribution in [3.63, 3.8) is 0 Å². The third-order valence-electron chi connectivity index (χ3n) is 3.85. The molecule has 5 heteroatoms. The summed E-state index contributed by atoms with van der Waals surface area (Å²) in [5.74, 6) is -0.906. The predicted molar refractivity (Wildman–Crippen MR) is 65.2 cm³/mol. The quantitative estimate of drug-likeness (QED) is 0.774. The van der Waals surface area contributed by atoms with E-state index in [4.69, 9.17) is 9.84 Å². The fourth-order valence-corrected chi connectivity index (χ4v) is 3.04. The minimum atomic E-state index is -0.864. The minimum Gasteiger partial charge on any atom is -0.481 e. The first-order valence-corrected chi connectivity index (χ1v) is 6.79. The number of hydrogen-bond acceptors (Lipinski definition) is 3. The summed E-state index contributed by atoms with van der Waals surface area (Å²) in [5, 5.41) is 8.93. The van der Waals surface area contributed by atoms with Gasteiger partial charge in [-0.1, -0.05) is 25.7 Å². The van der Waals surface area contributed by atoms with E-state index >= 15 is 0 Å². The van der Waals surface area contributed by atoms with Gasteiger partial charge in [0.1, 0.15) is 6.61 Å². The molecule has 2 aliphatic rings. The van der Waals surface area contributed by atoms with Gasteiger partial charge in [-0.3, -0.25) is 9.59 Å². The van der Waals surface area contributed by atoms with Crippen LogP contribution in [0.4, 0.5) is 0 Å². The van der Waals surface area contributed by atoms with Crippen LogP contribution < -0.4 is 0 Å². The molecule has 2 rings (SSSR count). The van der Waals surface area contributed by atoms with Crippen molar-refractivity contribution in [2.45, 2.75) is 57.0 Å². The molecule has 1 unspecified atom stereocenters. The summed E-state index contributed by atoms with van der Waals surface area (Å²) < 4.78 is 5.19. The molecule has 0 spiro atoms. The van der Waals surface area contributed by atoms with E-state index < -0.39 is 5.97 Å². The molecule has 0 aromatic rings. The van der Waals surface area contributed by atoms with Crippen LogP contribution in [-0.4, -0.2) is 47.2 Å². The van der Waals surface area contributed by atoms with Crippen LogP contribution >= 0.6 is 0 Å². The number of hydrogen-bond donors (Lipinski definition) is 1. The van der Waals surface area contributed by atoms with Crippen LogP contribution in [0.2, 0.25) is 0 Å². The molecular weight excluding hydrogens is 234 g/mol. The first kappa shape index (κ1) is 13.3. The molecule has 0 radical (unpaired) electrons. The number of nitrogens with zero attached hydrogens (tertiary/aromatic N) is 1. The zero-order valence-corrected chi connectivity index (χ0v) is 10.6. The molecule has 0 bridgehead atoms. The molecule has 5 nitrogen and oxygen atoms in total. The van der Waals surface area contributed by atoms with Crippen molar-refractivity contribution in [3.8, 4) is 0 Å². The molecule has 1 aliphatic heterocycles. The number of carbonyl (C=O) groups is 2. The van der Waals surface area contributed by atoms with E-state index in [-0.39, 0.29) is 31.0 Å². The second kappa shape index (κ2) is 6.18. The van der Waals surface area contributed by atoms with E-state index in [9.17, 15) is 9.59 Å². The Morgan fingerprint density at radius 1 is 1.28 bits per heavy atom. The van der Waals surface area contributed by atoms with Crippen molar-refractivity contribution in [3.05, 3.63) is 0 Å². The average Bonchev–Trinajstić information content (AvgIpc) is 2.57. The molecule has 1 atom stereocenters. The summed E-state index contributed by atoms with van der Waals surface area (Å²) in [4.78, 5) is 24.7. The van der Waals surface area contributed by atoms with Crippen molar-refractivity contribution < 1.29 is 19.4 Å². The van der Waals surface area contributed by atoms with Gasteiger partial charge in [0.15, 0.2) is 0 Å². The van der Waals surface area contributed by atoms with Crippen molar-refractivity contribution in [2.24, 2.45) is 0 Å². The summed E-state index contributed by atoms with van der Waals surface area (Å²) in [6.45, 7) is 0.459. The van der Waals surface area contributed by atoms with Crippen molar-refractivity contribution in [2.75, 3.05) is 13.2 Å². The summed E-state index contributed by atoms with van der Waals surface area (Å²) >= 11 is 0. The van der Waals surface area contributed by atoms with Crippen LogP contribution in [0.25, 0.3) is 0 Å². The molecule has 1 heterocycles. The lowest BCUT2D eigenvalue weighted by molar-refractivity contribution is -0.156. The first-order chi connectivity index (χ1) is 8.68. The van der Waals surface area contributed by atoms with Gasteiger partial charge in [0.2, 0.25) is 5.91 Å². The monoisotopic (exact) mass is 255 g/mol. The van der Waals surface area contributed by atoms with Crippen molar-refractivity contribution in [1.29, 1.82) is 0 Å². The van der Waals surface area contributed by atoms with Gasteiger partial charge in [-0.25, -0.2) is 0 Å². The SMILES string of the molecule is O=C(O)CC1COCC(=O)N1C1CCCCCC1. The lowest BCUT2D eigenvalue weighted by Gasteiger charge is -2.40. The number of aliphatic carboxylic acids is 1. The smallest absolute Gasteiger partial charge is 0.305 e. The molecule has 1 N–H and O–H groups in total. The van der Waals surface area contributed by atoms with Crippen LogP contribution in [0.1, 0.15) is 44.9 Å². The summed E-state index contributed by atoms with van der Waals surface area (Å²) in [6, 6.07) is -0.0694. The maximum absolute atomic E-state index is 12.0. The molecule has 1 amide bonds. The third-order valence-corrected chi connectivity index (χ3v) is 3.85. The van der Waals surface area contributed by atoms with Crippen LogP contribution in [-0.2, 0) is 14.3 Å². The highest BCUT2D eigenvalue weighted by Crippen LogP contribution is 2.26. The highest BCUT2D eigenvalue weighted by molar-refractivity contribution is 5.79. The molecule has 1 saturated carbocycles. The average molecular weight is 255 g/mol. The largest absolute Gasteiger partial charge is 0.481 e. The van der Waals surface area contributed by atoms with Gasteiger partial charge in [-0.2, -0.15) is 0 Å². The predicted octanol–water partition coefficient (Wildman–Crippen LogP) is 1.41. The number of carbonyl (C=O) groups excluding carboxylic acids is 1. The number of carboxylic acids is 1. The Morgan fingerprint density at radius 3 is 2.56 bits per heavy atom. The highest BCUT2D eigenvalue weighted by Gasteiger charge is 2.35. The normalized spacial score (nSPS) is 27.0. The van der Waals surface area contributed by atoms with E-state index in [1.54, 1.807) is 0 Å². The second-order valence-corrected chi connectivity index (χ2v) is 5.21. The van der Waals surface area contributed by atoms with E-state index in [2.05, 4.69) is 0 Å². The lowest BCUT2D eigenvalue weighted by atomic mass is 10.0. The summed E-state index contributed by atoms with van der Waals surface area (Å²) in [5.41, 5.74) is 0.